The largest absolute Gasteiger partial charge is 0.511 e. The van der Waals surface area contributed by atoms with Gasteiger partial charge in [0.05, 0.1) is 12.2 Å². The van der Waals surface area contributed by atoms with Gasteiger partial charge in [0.1, 0.15) is 17.3 Å². The summed E-state index contributed by atoms with van der Waals surface area (Å²) >= 11 is 0. The lowest BCUT2D eigenvalue weighted by atomic mass is 9.78. The average Bonchev–Trinajstić information content (AvgIpc) is 2.76. The molecule has 2 aromatic carbocycles. The van der Waals surface area contributed by atoms with Gasteiger partial charge in [0.25, 0.3) is 0 Å². The molecule has 2 aromatic rings. The fourth-order valence-corrected chi connectivity index (χ4v) is 4.17. The maximum atomic E-state index is 11.6. The van der Waals surface area contributed by atoms with Gasteiger partial charge in [0, 0.05) is 11.1 Å². The van der Waals surface area contributed by atoms with E-state index < -0.39 is 6.16 Å². The van der Waals surface area contributed by atoms with E-state index in [4.69, 9.17) is 18.9 Å². The minimum absolute atomic E-state index is 0.0690. The molecule has 3 rings (SSSR count). The number of fused-ring (bicyclic) bond motifs is 3. The Morgan fingerprint density at radius 3 is 2.55 bits per heavy atom. The summed E-state index contributed by atoms with van der Waals surface area (Å²) in [6.45, 7) is 14.6. The van der Waals surface area contributed by atoms with Crippen molar-refractivity contribution < 1.29 is 23.7 Å². The standard InChI is InChI=1S/C28H36O5/c1-7-9-10-11-14-28(5,6)21-16-24(31-18-32-27(29)30-8-2)26-23-15-19(3)12-13-22(23)20(4)33-25(26)17-21/h12-13,15-17H,4,7-11,14,18H2,1-3,5-6H3. The van der Waals surface area contributed by atoms with Crippen molar-refractivity contribution >= 4 is 11.9 Å². The van der Waals surface area contributed by atoms with Crippen LogP contribution in [0.2, 0.25) is 0 Å². The van der Waals surface area contributed by atoms with Gasteiger partial charge in [0.15, 0.2) is 0 Å². The van der Waals surface area contributed by atoms with Crippen LogP contribution in [0.3, 0.4) is 0 Å². The smallest absolute Gasteiger partial charge is 0.457 e. The van der Waals surface area contributed by atoms with Gasteiger partial charge in [-0.1, -0.05) is 76.8 Å². The highest BCUT2D eigenvalue weighted by molar-refractivity contribution is 5.90. The molecule has 0 atom stereocenters. The first-order chi connectivity index (χ1) is 15.8. The highest BCUT2D eigenvalue weighted by atomic mass is 16.8. The second kappa shape index (κ2) is 10.8. The maximum absolute atomic E-state index is 11.6. The zero-order valence-corrected chi connectivity index (χ0v) is 20.6. The van der Waals surface area contributed by atoms with E-state index in [1.807, 2.05) is 12.1 Å². The van der Waals surface area contributed by atoms with Crippen LogP contribution in [0.25, 0.3) is 16.9 Å². The van der Waals surface area contributed by atoms with Crippen LogP contribution in [0, 0.1) is 6.92 Å². The number of benzene rings is 2. The summed E-state index contributed by atoms with van der Waals surface area (Å²) in [7, 11) is 0. The Hall–Kier alpha value is -2.95. The van der Waals surface area contributed by atoms with Crippen LogP contribution in [0.15, 0.2) is 36.9 Å². The second-order valence-corrected chi connectivity index (χ2v) is 9.21. The predicted octanol–water partition coefficient (Wildman–Crippen LogP) is 7.78. The van der Waals surface area contributed by atoms with Crippen molar-refractivity contribution in [3.8, 4) is 22.6 Å². The molecule has 0 radical (unpaired) electrons. The molecule has 0 aromatic heterocycles. The fourth-order valence-electron chi connectivity index (χ4n) is 4.17. The lowest BCUT2D eigenvalue weighted by molar-refractivity contribution is 0.00698. The Morgan fingerprint density at radius 1 is 1.03 bits per heavy atom. The number of carbonyl (C=O) groups excluding carboxylic acids is 1. The van der Waals surface area contributed by atoms with Crippen molar-refractivity contribution in [3.63, 3.8) is 0 Å². The summed E-state index contributed by atoms with van der Waals surface area (Å²) in [6, 6.07) is 10.3. The molecule has 0 fully saturated rings. The highest BCUT2D eigenvalue weighted by Gasteiger charge is 2.29. The number of unbranched alkanes of at least 4 members (excludes halogenated alkanes) is 3. The molecule has 1 aliphatic rings. The molecule has 0 saturated heterocycles. The van der Waals surface area contributed by atoms with Crippen LogP contribution in [0.4, 0.5) is 4.79 Å². The maximum Gasteiger partial charge on any atom is 0.511 e. The summed E-state index contributed by atoms with van der Waals surface area (Å²) in [4.78, 5) is 11.6. The molecule has 0 aliphatic carbocycles. The van der Waals surface area contributed by atoms with Crippen LogP contribution < -0.4 is 9.47 Å². The summed E-state index contributed by atoms with van der Waals surface area (Å²) in [5.74, 6) is 1.94. The Morgan fingerprint density at radius 2 is 1.82 bits per heavy atom. The van der Waals surface area contributed by atoms with Crippen LogP contribution >= 0.6 is 0 Å². The molecule has 0 saturated carbocycles. The minimum Gasteiger partial charge on any atom is -0.457 e. The SMILES string of the molecule is C=C1Oc2cc(C(C)(C)CCCCCC)cc(OCOC(=O)OCC)c2-c2cc(C)ccc21. The van der Waals surface area contributed by atoms with Crippen molar-refractivity contribution in [2.45, 2.75) is 72.1 Å². The van der Waals surface area contributed by atoms with Gasteiger partial charge in [0.2, 0.25) is 6.79 Å². The van der Waals surface area contributed by atoms with E-state index in [1.54, 1.807) is 6.92 Å². The minimum atomic E-state index is -0.750. The molecular formula is C28H36O5. The molecule has 178 valence electrons. The van der Waals surface area contributed by atoms with E-state index in [2.05, 4.69) is 52.5 Å². The molecule has 1 heterocycles. The zero-order chi connectivity index (χ0) is 24.0. The molecule has 33 heavy (non-hydrogen) atoms. The van der Waals surface area contributed by atoms with Crippen LogP contribution in [0.5, 0.6) is 11.5 Å². The Balaban J connectivity index is 1.99. The Bertz CT molecular complexity index is 1010. The predicted molar refractivity (Wildman–Crippen MR) is 132 cm³/mol. The lowest BCUT2D eigenvalue weighted by Crippen LogP contribution is -2.19. The molecule has 5 heteroatoms. The van der Waals surface area contributed by atoms with Crippen LogP contribution in [-0.2, 0) is 14.9 Å². The summed E-state index contributed by atoms with van der Waals surface area (Å²) in [6.07, 6.45) is 5.16. The number of aryl methyl sites for hydroxylation is 1. The molecule has 0 amide bonds. The lowest BCUT2D eigenvalue weighted by Gasteiger charge is -2.30. The third-order valence-corrected chi connectivity index (χ3v) is 6.13. The van der Waals surface area contributed by atoms with Gasteiger partial charge in [-0.3, -0.25) is 0 Å². The van der Waals surface area contributed by atoms with Crippen LogP contribution in [-0.4, -0.2) is 19.6 Å². The van der Waals surface area contributed by atoms with Gasteiger partial charge >= 0.3 is 6.16 Å². The second-order valence-electron chi connectivity index (χ2n) is 9.21. The van der Waals surface area contributed by atoms with Crippen molar-refractivity contribution in [2.24, 2.45) is 0 Å². The van der Waals surface area contributed by atoms with Gasteiger partial charge in [-0.15, -0.1) is 0 Å². The fraction of sp³-hybridized carbons (Fsp3) is 0.464. The molecule has 0 spiro atoms. The Kier molecular flexibility index (Phi) is 8.06. The number of hydrogen-bond acceptors (Lipinski definition) is 5. The monoisotopic (exact) mass is 452 g/mol. The number of ether oxygens (including phenoxy) is 4. The normalized spacial score (nSPS) is 12.5. The number of carbonyl (C=O) groups is 1. The van der Waals surface area contributed by atoms with Crippen molar-refractivity contribution in [1.29, 1.82) is 0 Å². The topological polar surface area (TPSA) is 54.0 Å². The van der Waals surface area contributed by atoms with E-state index in [1.165, 1.54) is 19.3 Å². The summed E-state index contributed by atoms with van der Waals surface area (Å²) in [5.41, 5.74) is 4.95. The number of rotatable bonds is 10. The van der Waals surface area contributed by atoms with E-state index in [9.17, 15) is 4.79 Å². The van der Waals surface area contributed by atoms with E-state index in [0.29, 0.717) is 17.3 Å². The van der Waals surface area contributed by atoms with E-state index in [0.717, 1.165) is 40.7 Å². The third-order valence-electron chi connectivity index (χ3n) is 6.13. The molecule has 0 bridgehead atoms. The first-order valence-corrected chi connectivity index (χ1v) is 11.9. The average molecular weight is 453 g/mol. The van der Waals surface area contributed by atoms with Gasteiger partial charge in [-0.05, 0) is 43.4 Å². The van der Waals surface area contributed by atoms with Crippen molar-refractivity contribution in [2.75, 3.05) is 13.4 Å². The van der Waals surface area contributed by atoms with Gasteiger partial charge in [-0.2, -0.15) is 0 Å². The number of hydrogen-bond donors (Lipinski definition) is 0. The molecule has 0 N–H and O–H groups in total. The van der Waals surface area contributed by atoms with E-state index >= 15 is 0 Å². The summed E-state index contributed by atoms with van der Waals surface area (Å²) < 4.78 is 22.1. The van der Waals surface area contributed by atoms with Crippen molar-refractivity contribution in [3.05, 3.63) is 53.6 Å². The zero-order valence-electron chi connectivity index (χ0n) is 20.6. The molecule has 5 nitrogen and oxygen atoms in total. The highest BCUT2D eigenvalue weighted by Crippen LogP contribution is 2.49. The third kappa shape index (κ3) is 5.89. The quantitative estimate of drug-likeness (QED) is 0.209. The molecule has 1 aliphatic heterocycles. The molecule has 0 unspecified atom stereocenters. The van der Waals surface area contributed by atoms with Crippen molar-refractivity contribution in [1.82, 2.24) is 0 Å². The Labute approximate surface area is 197 Å². The van der Waals surface area contributed by atoms with Gasteiger partial charge in [-0.25, -0.2) is 4.79 Å². The summed E-state index contributed by atoms with van der Waals surface area (Å²) in [5, 5.41) is 0. The van der Waals surface area contributed by atoms with Crippen LogP contribution in [0.1, 0.15) is 76.5 Å². The first-order valence-electron chi connectivity index (χ1n) is 11.9. The first kappa shape index (κ1) is 24.7. The molecular weight excluding hydrogens is 416 g/mol. The van der Waals surface area contributed by atoms with Gasteiger partial charge < -0.3 is 18.9 Å². The van der Waals surface area contributed by atoms with E-state index in [-0.39, 0.29) is 18.8 Å².